The van der Waals surface area contributed by atoms with E-state index in [1.807, 2.05) is 0 Å². The minimum atomic E-state index is -1.42. The highest BCUT2D eigenvalue weighted by Crippen LogP contribution is 2.33. The van der Waals surface area contributed by atoms with Gasteiger partial charge in [-0.1, -0.05) is 0 Å². The highest BCUT2D eigenvalue weighted by Gasteiger charge is 2.32. The fourth-order valence-corrected chi connectivity index (χ4v) is 3.52. The second kappa shape index (κ2) is 8.82. The molecule has 0 saturated carbocycles. The van der Waals surface area contributed by atoms with Gasteiger partial charge in [0.05, 0.1) is 42.5 Å². The summed E-state index contributed by atoms with van der Waals surface area (Å²) in [4.78, 5) is 14.9. The molecule has 11 heteroatoms. The van der Waals surface area contributed by atoms with Crippen molar-refractivity contribution < 1.29 is 23.4 Å². The van der Waals surface area contributed by atoms with Crippen LogP contribution in [0.4, 0.5) is 19.3 Å². The first-order valence-corrected chi connectivity index (χ1v) is 9.46. The highest BCUT2D eigenvalue weighted by molar-refractivity contribution is 9.10. The number of amides is 1. The zero-order chi connectivity index (χ0) is 20.3. The summed E-state index contributed by atoms with van der Waals surface area (Å²) in [6, 6.07) is 2.08. The number of rotatable bonds is 5. The summed E-state index contributed by atoms with van der Waals surface area (Å²) in [6.45, 7) is 0.117. The minimum Gasteiger partial charge on any atom is -0.465 e. The number of ether oxygens (including phenoxy) is 1. The molecule has 3 heterocycles. The molecule has 28 heavy (non-hydrogen) atoms. The van der Waals surface area contributed by atoms with Crippen molar-refractivity contribution in [3.05, 3.63) is 40.1 Å². The number of aromatic nitrogens is 3. The predicted octanol–water partition coefficient (Wildman–Crippen LogP) is 3.15. The normalized spacial score (nSPS) is 22.5. The number of hydrogen-bond donors (Lipinski definition) is 3. The van der Waals surface area contributed by atoms with Crippen LogP contribution in [0.3, 0.4) is 0 Å². The van der Waals surface area contributed by atoms with Crippen LogP contribution in [0.15, 0.2) is 22.9 Å². The molecular weight excluding hydrogens is 440 g/mol. The fourth-order valence-electron chi connectivity index (χ4n) is 3.16. The second-order valence-corrected chi connectivity index (χ2v) is 7.22. The lowest BCUT2D eigenvalue weighted by Crippen LogP contribution is -2.41. The van der Waals surface area contributed by atoms with Crippen LogP contribution in [0.2, 0.25) is 0 Å². The molecule has 3 rings (SSSR count). The Bertz CT molecular complexity index is 850. The third-order valence-corrected chi connectivity index (χ3v) is 5.11. The van der Waals surface area contributed by atoms with Crippen molar-refractivity contribution in [2.45, 2.75) is 37.7 Å². The quantitative estimate of drug-likeness (QED) is 0.593. The van der Waals surface area contributed by atoms with Crippen LogP contribution in [0.5, 0.6) is 0 Å². The Morgan fingerprint density at radius 2 is 2.25 bits per heavy atom. The fraction of sp³-hybridized carbons (Fsp3) is 0.471. The molecule has 0 bridgehead atoms. The molecule has 3 atom stereocenters. The zero-order valence-corrected chi connectivity index (χ0v) is 16.6. The van der Waals surface area contributed by atoms with Gasteiger partial charge in [0.1, 0.15) is 16.9 Å². The van der Waals surface area contributed by atoms with Gasteiger partial charge in [0.2, 0.25) is 0 Å². The van der Waals surface area contributed by atoms with E-state index in [4.69, 9.17) is 9.84 Å². The maximum absolute atomic E-state index is 14.2. The zero-order valence-electron chi connectivity index (χ0n) is 15.0. The first-order chi connectivity index (χ1) is 13.3. The summed E-state index contributed by atoms with van der Waals surface area (Å²) in [7, 11) is 1.75. The summed E-state index contributed by atoms with van der Waals surface area (Å²) in [5, 5.41) is 18.5. The molecule has 0 spiro atoms. The lowest BCUT2D eigenvalue weighted by atomic mass is 10.0. The SMILES string of the molecule is Cn1ncc(NCc2ccc(F)c(Br)n2)c1[C@@H]1CC[C@@H](NC(=O)O)[C@H](F)CO1. The number of nitrogens with zero attached hydrogens (tertiary/aromatic N) is 3. The van der Waals surface area contributed by atoms with E-state index in [0.29, 0.717) is 30.8 Å². The lowest BCUT2D eigenvalue weighted by molar-refractivity contribution is 0.0232. The smallest absolute Gasteiger partial charge is 0.404 e. The molecule has 0 radical (unpaired) electrons. The summed E-state index contributed by atoms with van der Waals surface area (Å²) >= 11 is 3.06. The van der Waals surface area contributed by atoms with Crippen LogP contribution in [0.1, 0.15) is 30.3 Å². The molecule has 2 aromatic heterocycles. The Hall–Kier alpha value is -2.27. The molecular formula is C17H20BrF2N5O3. The Balaban J connectivity index is 1.71. The van der Waals surface area contributed by atoms with Crippen molar-refractivity contribution in [1.82, 2.24) is 20.1 Å². The van der Waals surface area contributed by atoms with Gasteiger partial charge in [-0.25, -0.2) is 18.6 Å². The summed E-state index contributed by atoms with van der Waals surface area (Å²) in [5.74, 6) is -0.442. The van der Waals surface area contributed by atoms with Gasteiger partial charge in [0.25, 0.3) is 0 Å². The van der Waals surface area contributed by atoms with E-state index in [0.717, 1.165) is 5.69 Å². The van der Waals surface area contributed by atoms with Crippen LogP contribution in [-0.4, -0.2) is 44.8 Å². The Morgan fingerprint density at radius 1 is 1.46 bits per heavy atom. The Kier molecular flexibility index (Phi) is 6.45. The third kappa shape index (κ3) is 4.76. The molecule has 8 nitrogen and oxygen atoms in total. The van der Waals surface area contributed by atoms with E-state index in [1.165, 1.54) is 6.07 Å². The Morgan fingerprint density at radius 3 is 2.96 bits per heavy atom. The molecule has 1 aliphatic heterocycles. The number of carboxylic acid groups (broad SMARTS) is 1. The van der Waals surface area contributed by atoms with Crippen molar-refractivity contribution in [2.75, 3.05) is 11.9 Å². The van der Waals surface area contributed by atoms with Crippen LogP contribution >= 0.6 is 15.9 Å². The number of pyridine rings is 1. The molecule has 0 aliphatic carbocycles. The maximum atomic E-state index is 14.2. The summed E-state index contributed by atoms with van der Waals surface area (Å²) < 4.78 is 35.0. The number of hydrogen-bond acceptors (Lipinski definition) is 5. The molecule has 1 saturated heterocycles. The number of anilines is 1. The van der Waals surface area contributed by atoms with Gasteiger partial charge >= 0.3 is 6.09 Å². The van der Waals surface area contributed by atoms with Crippen LogP contribution in [0, 0.1) is 5.82 Å². The standard InChI is InChI=1S/C17H20BrF2N5O3/c1-25-15(14-5-4-12(24-17(26)27)11(20)8-28-14)13(7-22-25)21-6-9-2-3-10(19)16(18)23-9/h2-3,7,11-12,14,21,24H,4-6,8H2,1H3,(H,26,27)/t11-,12-,14+/m1/s1. The van der Waals surface area contributed by atoms with Crippen molar-refractivity contribution in [3.63, 3.8) is 0 Å². The predicted molar refractivity (Wildman–Crippen MR) is 100 cm³/mol. The Labute approximate surface area is 168 Å². The van der Waals surface area contributed by atoms with Crippen molar-refractivity contribution >= 4 is 27.7 Å². The number of halogens is 3. The first-order valence-electron chi connectivity index (χ1n) is 8.67. The van der Waals surface area contributed by atoms with Gasteiger partial charge in [0.15, 0.2) is 5.82 Å². The van der Waals surface area contributed by atoms with Gasteiger partial charge < -0.3 is 20.5 Å². The van der Waals surface area contributed by atoms with Crippen molar-refractivity contribution in [2.24, 2.45) is 7.05 Å². The molecule has 1 fully saturated rings. The van der Waals surface area contributed by atoms with Gasteiger partial charge in [-0.15, -0.1) is 0 Å². The average molecular weight is 460 g/mol. The molecule has 1 amide bonds. The van der Waals surface area contributed by atoms with E-state index >= 15 is 0 Å². The average Bonchev–Trinajstić information content (AvgIpc) is 2.92. The summed E-state index contributed by atoms with van der Waals surface area (Å²) in [5.41, 5.74) is 2.04. The largest absolute Gasteiger partial charge is 0.465 e. The van der Waals surface area contributed by atoms with E-state index < -0.39 is 30.2 Å². The van der Waals surface area contributed by atoms with Crippen LogP contribution in [-0.2, 0) is 18.3 Å². The molecule has 1 aliphatic rings. The lowest BCUT2D eigenvalue weighted by Gasteiger charge is -2.18. The second-order valence-electron chi connectivity index (χ2n) is 6.47. The van der Waals surface area contributed by atoms with Crippen molar-refractivity contribution in [3.8, 4) is 0 Å². The number of nitrogens with one attached hydrogen (secondary N) is 2. The number of alkyl halides is 1. The van der Waals surface area contributed by atoms with Gasteiger partial charge in [0, 0.05) is 7.05 Å². The molecule has 3 N–H and O–H groups in total. The monoisotopic (exact) mass is 459 g/mol. The number of carbonyl (C=O) groups is 1. The van der Waals surface area contributed by atoms with Gasteiger partial charge in [-0.3, -0.25) is 4.68 Å². The van der Waals surface area contributed by atoms with E-state index in [-0.39, 0.29) is 11.2 Å². The van der Waals surface area contributed by atoms with E-state index in [1.54, 1.807) is 24.0 Å². The van der Waals surface area contributed by atoms with Crippen LogP contribution < -0.4 is 10.6 Å². The maximum Gasteiger partial charge on any atom is 0.404 e. The van der Waals surface area contributed by atoms with Crippen molar-refractivity contribution in [1.29, 1.82) is 0 Å². The van der Waals surface area contributed by atoms with Gasteiger partial charge in [-0.2, -0.15) is 5.10 Å². The highest BCUT2D eigenvalue weighted by atomic mass is 79.9. The summed E-state index contributed by atoms with van der Waals surface area (Å²) in [6.07, 6.45) is -0.766. The molecule has 0 unspecified atom stereocenters. The molecule has 0 aromatic carbocycles. The molecule has 152 valence electrons. The third-order valence-electron chi connectivity index (χ3n) is 4.55. The van der Waals surface area contributed by atoms with E-state index in [2.05, 4.69) is 36.6 Å². The minimum absolute atomic E-state index is 0.135. The van der Waals surface area contributed by atoms with E-state index in [9.17, 15) is 13.6 Å². The topological polar surface area (TPSA) is 101 Å². The van der Waals surface area contributed by atoms with Crippen LogP contribution in [0.25, 0.3) is 0 Å². The number of aryl methyl sites for hydroxylation is 1. The van der Waals surface area contributed by atoms with Gasteiger partial charge in [-0.05, 0) is 40.9 Å². The first kappa shape index (κ1) is 20.5. The molecule has 2 aromatic rings.